The van der Waals surface area contributed by atoms with E-state index < -0.39 is 0 Å². The molecule has 0 aliphatic heterocycles. The second-order valence-electron chi connectivity index (χ2n) is 12.0. The van der Waals surface area contributed by atoms with E-state index in [1.807, 2.05) is 78.9 Å². The smallest absolute Gasteiger partial charge is 0.252 e. The third-order valence-electron chi connectivity index (χ3n) is 8.35. The van der Waals surface area contributed by atoms with Gasteiger partial charge in [-0.1, -0.05) is 92.7 Å². The molecule has 1 N–H and O–H groups in total. The van der Waals surface area contributed by atoms with Crippen molar-refractivity contribution in [1.82, 2.24) is 15.3 Å². The normalized spacial score (nSPS) is 11.4. The van der Waals surface area contributed by atoms with Crippen molar-refractivity contribution >= 4 is 45.0 Å². The maximum Gasteiger partial charge on any atom is 0.252 e. The Labute approximate surface area is 263 Å². The molecule has 0 atom stereocenters. The van der Waals surface area contributed by atoms with Crippen LogP contribution in [0.1, 0.15) is 48.2 Å². The van der Waals surface area contributed by atoms with Crippen molar-refractivity contribution in [2.75, 3.05) is 11.4 Å². The average Bonchev–Trinajstić information content (AvgIpc) is 3.08. The zero-order valence-electron chi connectivity index (χ0n) is 25.6. The van der Waals surface area contributed by atoms with Crippen LogP contribution in [0.2, 0.25) is 0 Å². The first-order chi connectivity index (χ1) is 21.9. The Morgan fingerprint density at radius 2 is 1.33 bits per heavy atom. The molecule has 0 spiro atoms. The number of fused-ring (bicyclic) bond motifs is 2. The summed E-state index contributed by atoms with van der Waals surface area (Å²) in [6.07, 6.45) is 5.40. The number of benzene rings is 4. The largest absolute Gasteiger partial charge is 0.351 e. The van der Waals surface area contributed by atoms with Crippen molar-refractivity contribution in [3.63, 3.8) is 0 Å². The number of hydrogen-bond acceptors (Lipinski definition) is 4. The molecule has 0 aliphatic carbocycles. The molecule has 0 unspecified atom stereocenters. The van der Waals surface area contributed by atoms with Crippen LogP contribution in [0.15, 0.2) is 128 Å². The van der Waals surface area contributed by atoms with E-state index >= 15 is 0 Å². The number of carbonyl (C=O) groups excluding carboxylic acids is 2. The van der Waals surface area contributed by atoms with Crippen molar-refractivity contribution in [3.8, 4) is 0 Å². The maximum absolute atomic E-state index is 13.8. The number of nitrogens with one attached hydrogen (secondary N) is 1. The Hall–Kier alpha value is -5.36. The Morgan fingerprint density at radius 1 is 0.711 bits per heavy atom. The summed E-state index contributed by atoms with van der Waals surface area (Å²) < 4.78 is 0. The standard InChI is InChI=1S/C39H36N4O2/c1-39(2,22-20-28-10-4-3-5-11-28)32-16-18-33(19-17-32)43(34-25-30-13-7-9-15-36(30)42-27-34)37(44)21-23-40-38(45)31-24-29-12-6-8-14-35(29)41-26-31/h3-19,24-27H,20-23H2,1-2H3,(H,40,45). The highest BCUT2D eigenvalue weighted by Gasteiger charge is 2.23. The predicted octanol–water partition coefficient (Wildman–Crippen LogP) is 8.18. The van der Waals surface area contributed by atoms with Crippen molar-refractivity contribution in [3.05, 3.63) is 144 Å². The summed E-state index contributed by atoms with van der Waals surface area (Å²) in [4.78, 5) is 37.5. The topological polar surface area (TPSA) is 75.2 Å². The summed E-state index contributed by atoms with van der Waals surface area (Å²) in [5.41, 5.74) is 6.08. The molecular weight excluding hydrogens is 556 g/mol. The molecule has 0 aliphatic rings. The van der Waals surface area contributed by atoms with Crippen molar-refractivity contribution in [2.24, 2.45) is 0 Å². The summed E-state index contributed by atoms with van der Waals surface area (Å²) in [7, 11) is 0. The fourth-order valence-electron chi connectivity index (χ4n) is 5.62. The minimum absolute atomic E-state index is 0.0460. The highest BCUT2D eigenvalue weighted by Crippen LogP contribution is 2.33. The molecule has 6 rings (SSSR count). The first-order valence-corrected chi connectivity index (χ1v) is 15.3. The second kappa shape index (κ2) is 13.1. The van der Waals surface area contributed by atoms with Crippen LogP contribution in [0, 0.1) is 0 Å². The van der Waals surface area contributed by atoms with Crippen LogP contribution >= 0.6 is 0 Å². The van der Waals surface area contributed by atoms with E-state index in [0.29, 0.717) is 11.3 Å². The van der Waals surface area contributed by atoms with Crippen molar-refractivity contribution < 1.29 is 9.59 Å². The molecule has 0 bridgehead atoms. The lowest BCUT2D eigenvalue weighted by Crippen LogP contribution is -2.32. The molecular formula is C39H36N4O2. The van der Waals surface area contributed by atoms with Crippen LogP contribution < -0.4 is 10.2 Å². The summed E-state index contributed by atoms with van der Waals surface area (Å²) in [6, 6.07) is 38.1. The molecule has 2 heterocycles. The van der Waals surface area contributed by atoms with Gasteiger partial charge in [0.1, 0.15) is 0 Å². The van der Waals surface area contributed by atoms with Gasteiger partial charge in [0.05, 0.1) is 28.5 Å². The number of carbonyl (C=O) groups is 2. The first-order valence-electron chi connectivity index (χ1n) is 15.3. The Bertz CT molecular complexity index is 1950. The van der Waals surface area contributed by atoms with Gasteiger partial charge < -0.3 is 5.32 Å². The maximum atomic E-state index is 13.8. The first kappa shape index (κ1) is 29.7. The van der Waals surface area contributed by atoms with E-state index in [4.69, 9.17) is 0 Å². The third kappa shape index (κ3) is 6.91. The number of amides is 2. The molecule has 4 aromatic carbocycles. The molecule has 6 aromatic rings. The number of aryl methyl sites for hydroxylation is 1. The molecule has 0 saturated carbocycles. The Balaban J connectivity index is 1.20. The van der Waals surface area contributed by atoms with Gasteiger partial charge in [-0.25, -0.2) is 0 Å². The molecule has 0 fully saturated rings. The SMILES string of the molecule is CC(C)(CCc1ccccc1)c1ccc(N(C(=O)CCNC(=O)c2cnc3ccccc3c2)c2cnc3ccccc3c2)cc1. The lowest BCUT2D eigenvalue weighted by Gasteiger charge is -2.27. The second-order valence-corrected chi connectivity index (χ2v) is 12.0. The van der Waals surface area contributed by atoms with Crippen LogP contribution in [0.3, 0.4) is 0 Å². The fourth-order valence-corrected chi connectivity index (χ4v) is 5.62. The number of rotatable bonds is 10. The summed E-state index contributed by atoms with van der Waals surface area (Å²) >= 11 is 0. The number of pyridine rings is 2. The van der Waals surface area contributed by atoms with Crippen LogP contribution in [0.5, 0.6) is 0 Å². The number of aromatic nitrogens is 2. The van der Waals surface area contributed by atoms with E-state index in [1.54, 1.807) is 17.3 Å². The van der Waals surface area contributed by atoms with Gasteiger partial charge in [-0.3, -0.25) is 24.5 Å². The average molecular weight is 593 g/mol. The Morgan fingerprint density at radius 3 is 2.04 bits per heavy atom. The van der Waals surface area contributed by atoms with Gasteiger partial charge in [-0.05, 0) is 65.8 Å². The molecule has 2 aromatic heterocycles. The molecule has 0 radical (unpaired) electrons. The minimum Gasteiger partial charge on any atom is -0.351 e. The van der Waals surface area contributed by atoms with Gasteiger partial charge >= 0.3 is 0 Å². The van der Waals surface area contributed by atoms with Gasteiger partial charge in [0.15, 0.2) is 0 Å². The van der Waals surface area contributed by atoms with Crippen LogP contribution in [-0.2, 0) is 16.6 Å². The van der Waals surface area contributed by atoms with E-state index in [1.165, 1.54) is 11.1 Å². The van der Waals surface area contributed by atoms with Gasteiger partial charge in [-0.2, -0.15) is 0 Å². The van der Waals surface area contributed by atoms with E-state index in [2.05, 4.69) is 65.5 Å². The number of para-hydroxylation sites is 2. The van der Waals surface area contributed by atoms with Crippen LogP contribution in [0.25, 0.3) is 21.8 Å². The number of hydrogen-bond donors (Lipinski definition) is 1. The molecule has 6 heteroatoms. The van der Waals surface area contributed by atoms with Crippen molar-refractivity contribution in [1.29, 1.82) is 0 Å². The Kier molecular flexibility index (Phi) is 8.65. The van der Waals surface area contributed by atoms with Gasteiger partial charge in [0.25, 0.3) is 5.91 Å². The summed E-state index contributed by atoms with van der Waals surface area (Å²) in [6.45, 7) is 4.70. The van der Waals surface area contributed by atoms with Crippen LogP contribution in [0.4, 0.5) is 11.4 Å². The van der Waals surface area contributed by atoms with Crippen molar-refractivity contribution in [2.45, 2.75) is 38.5 Å². The van der Waals surface area contributed by atoms with Gasteiger partial charge in [0, 0.05) is 35.6 Å². The number of anilines is 2. The highest BCUT2D eigenvalue weighted by atomic mass is 16.2. The van der Waals surface area contributed by atoms with E-state index in [9.17, 15) is 9.59 Å². The zero-order valence-corrected chi connectivity index (χ0v) is 25.6. The molecule has 2 amide bonds. The summed E-state index contributed by atoms with van der Waals surface area (Å²) in [5.74, 6) is -0.401. The highest BCUT2D eigenvalue weighted by molar-refractivity contribution is 6.02. The number of nitrogens with zero attached hydrogens (tertiary/aromatic N) is 3. The molecule has 224 valence electrons. The van der Waals surface area contributed by atoms with Crippen LogP contribution in [-0.4, -0.2) is 28.3 Å². The van der Waals surface area contributed by atoms with Gasteiger partial charge in [-0.15, -0.1) is 0 Å². The van der Waals surface area contributed by atoms with E-state index in [-0.39, 0.29) is 30.2 Å². The minimum atomic E-state index is -0.262. The van der Waals surface area contributed by atoms with E-state index in [0.717, 1.165) is 40.3 Å². The monoisotopic (exact) mass is 592 g/mol. The molecule has 45 heavy (non-hydrogen) atoms. The third-order valence-corrected chi connectivity index (χ3v) is 8.35. The molecule has 6 nitrogen and oxygen atoms in total. The zero-order chi connectivity index (χ0) is 31.2. The lowest BCUT2D eigenvalue weighted by atomic mass is 9.79. The fraction of sp³-hybridized carbons (Fsp3) is 0.179. The predicted molar refractivity (Wildman–Crippen MR) is 182 cm³/mol. The quantitative estimate of drug-likeness (QED) is 0.174. The summed E-state index contributed by atoms with van der Waals surface area (Å²) in [5, 5.41) is 4.74. The molecule has 0 saturated heterocycles. The lowest BCUT2D eigenvalue weighted by molar-refractivity contribution is -0.117. The van der Waals surface area contributed by atoms with Gasteiger partial charge in [0.2, 0.25) is 5.91 Å².